The molecule has 0 bridgehead atoms. The molecule has 64 valence electrons. The van der Waals surface area contributed by atoms with Gasteiger partial charge in [0.05, 0.1) is 4.92 Å². The van der Waals surface area contributed by atoms with Gasteiger partial charge in [-0.1, -0.05) is 23.2 Å². The number of hydrogen-bond donors (Lipinski definition) is 0. The van der Waals surface area contributed by atoms with Crippen molar-refractivity contribution in [3.05, 3.63) is 35.9 Å². The van der Waals surface area contributed by atoms with E-state index < -0.39 is 4.92 Å². The molecule has 6 heteroatoms. The average molecular weight is 318 g/mol. The van der Waals surface area contributed by atoms with Gasteiger partial charge in [0.1, 0.15) is 10.0 Å². The number of hydrogen-bond acceptors (Lipinski definition) is 2. The summed E-state index contributed by atoms with van der Waals surface area (Å²) in [4.78, 5) is 9.79. The Labute approximate surface area is 92.0 Å². The van der Waals surface area contributed by atoms with Crippen LogP contribution >= 0.6 is 45.8 Å². The smallest absolute Gasteiger partial charge is 0.258 e. The van der Waals surface area contributed by atoms with E-state index in [0.717, 1.165) is 3.57 Å². The summed E-state index contributed by atoms with van der Waals surface area (Å²) < 4.78 is 0.771. The van der Waals surface area contributed by atoms with Crippen LogP contribution in [0.15, 0.2) is 12.1 Å². The Balaban J connectivity index is 3.38. The molecular formula is C6H2Cl2INO2. The maximum Gasteiger partial charge on any atom is 0.306 e. The van der Waals surface area contributed by atoms with Crippen LogP contribution in [-0.2, 0) is 0 Å². The van der Waals surface area contributed by atoms with E-state index in [1.54, 1.807) is 0 Å². The van der Waals surface area contributed by atoms with Crippen LogP contribution in [0.4, 0.5) is 5.69 Å². The molecule has 0 radical (unpaired) electrons. The van der Waals surface area contributed by atoms with Gasteiger partial charge < -0.3 is 0 Å². The third-order valence-electron chi connectivity index (χ3n) is 1.16. The molecule has 1 aromatic rings. The largest absolute Gasteiger partial charge is 0.306 e. The second-order valence-electron chi connectivity index (χ2n) is 1.98. The van der Waals surface area contributed by atoms with E-state index in [0.29, 0.717) is 0 Å². The Bertz CT molecular complexity index is 319. The van der Waals surface area contributed by atoms with Gasteiger partial charge in [0, 0.05) is 3.57 Å². The molecule has 12 heavy (non-hydrogen) atoms. The van der Waals surface area contributed by atoms with Crippen molar-refractivity contribution in [2.75, 3.05) is 0 Å². The van der Waals surface area contributed by atoms with Gasteiger partial charge in [-0.15, -0.1) is 0 Å². The number of rotatable bonds is 1. The van der Waals surface area contributed by atoms with E-state index in [2.05, 4.69) is 0 Å². The first kappa shape index (κ1) is 10.0. The highest BCUT2D eigenvalue weighted by atomic mass is 127. The molecular weight excluding hydrogens is 316 g/mol. The van der Waals surface area contributed by atoms with Gasteiger partial charge in [0.2, 0.25) is 0 Å². The number of nitrogens with zero attached hydrogens (tertiary/aromatic N) is 1. The standard InChI is InChI=1S/C6H2Cl2INO2/c7-4-1-3(9)2-5(8)6(4)10(11)12/h1-2H. The van der Waals surface area contributed by atoms with Crippen LogP contribution in [0.1, 0.15) is 0 Å². The highest BCUT2D eigenvalue weighted by Gasteiger charge is 2.17. The zero-order chi connectivity index (χ0) is 9.30. The zero-order valence-corrected chi connectivity index (χ0v) is 9.22. The fraction of sp³-hybridized carbons (Fsp3) is 0. The van der Waals surface area contributed by atoms with Crippen LogP contribution < -0.4 is 0 Å². The predicted molar refractivity (Wildman–Crippen MR) is 55.8 cm³/mol. The molecule has 0 atom stereocenters. The van der Waals surface area contributed by atoms with E-state index in [1.165, 1.54) is 12.1 Å². The zero-order valence-electron chi connectivity index (χ0n) is 5.55. The highest BCUT2D eigenvalue weighted by Crippen LogP contribution is 2.33. The van der Waals surface area contributed by atoms with Gasteiger partial charge >= 0.3 is 5.69 Å². The lowest BCUT2D eigenvalue weighted by Crippen LogP contribution is -1.90. The average Bonchev–Trinajstić information content (AvgIpc) is 1.82. The highest BCUT2D eigenvalue weighted by molar-refractivity contribution is 14.1. The lowest BCUT2D eigenvalue weighted by molar-refractivity contribution is -0.384. The van der Waals surface area contributed by atoms with Gasteiger partial charge in [0.25, 0.3) is 0 Å². The van der Waals surface area contributed by atoms with Crippen molar-refractivity contribution in [2.45, 2.75) is 0 Å². The van der Waals surface area contributed by atoms with Crippen molar-refractivity contribution in [3.8, 4) is 0 Å². The van der Waals surface area contributed by atoms with E-state index in [9.17, 15) is 10.1 Å². The summed E-state index contributed by atoms with van der Waals surface area (Å²) in [6.45, 7) is 0. The molecule has 0 aliphatic carbocycles. The number of halogens is 3. The molecule has 0 fully saturated rings. The molecule has 0 aliphatic heterocycles. The lowest BCUT2D eigenvalue weighted by atomic mass is 10.3. The summed E-state index contributed by atoms with van der Waals surface area (Å²) in [6, 6.07) is 2.98. The molecule has 3 nitrogen and oxygen atoms in total. The topological polar surface area (TPSA) is 43.1 Å². The van der Waals surface area contributed by atoms with Crippen molar-refractivity contribution in [1.82, 2.24) is 0 Å². The molecule has 1 rings (SSSR count). The minimum atomic E-state index is -0.596. The maximum absolute atomic E-state index is 10.4. The Kier molecular flexibility index (Phi) is 3.14. The Morgan fingerprint density at radius 2 is 1.75 bits per heavy atom. The molecule has 0 N–H and O–H groups in total. The fourth-order valence-electron chi connectivity index (χ4n) is 0.709. The van der Waals surface area contributed by atoms with Crippen molar-refractivity contribution in [3.63, 3.8) is 0 Å². The van der Waals surface area contributed by atoms with Gasteiger partial charge in [0.15, 0.2) is 0 Å². The summed E-state index contributed by atoms with van der Waals surface area (Å²) in [6.07, 6.45) is 0. The minimum absolute atomic E-state index is 0.0666. The molecule has 0 unspecified atom stereocenters. The fourth-order valence-corrected chi connectivity index (χ4v) is 2.33. The van der Waals surface area contributed by atoms with Crippen molar-refractivity contribution < 1.29 is 4.92 Å². The minimum Gasteiger partial charge on any atom is -0.258 e. The molecule has 0 spiro atoms. The SMILES string of the molecule is O=[N+]([O-])c1c(Cl)cc(I)cc1Cl. The van der Waals surface area contributed by atoms with Crippen LogP contribution in [0.3, 0.4) is 0 Å². The van der Waals surface area contributed by atoms with Crippen molar-refractivity contribution in [1.29, 1.82) is 0 Å². The second-order valence-corrected chi connectivity index (χ2v) is 4.04. The van der Waals surface area contributed by atoms with Gasteiger partial charge in [-0.25, -0.2) is 0 Å². The summed E-state index contributed by atoms with van der Waals surface area (Å²) in [5.41, 5.74) is -0.237. The van der Waals surface area contributed by atoms with E-state index in [1.807, 2.05) is 22.6 Å². The summed E-state index contributed by atoms with van der Waals surface area (Å²) in [5.74, 6) is 0. The van der Waals surface area contributed by atoms with Crippen LogP contribution in [0, 0.1) is 13.7 Å². The van der Waals surface area contributed by atoms with E-state index in [4.69, 9.17) is 23.2 Å². The summed E-state index contributed by atoms with van der Waals surface area (Å²) in [5, 5.41) is 10.5. The molecule has 0 aromatic heterocycles. The van der Waals surface area contributed by atoms with Gasteiger partial charge in [-0.05, 0) is 34.7 Å². The Morgan fingerprint density at radius 1 is 1.33 bits per heavy atom. The van der Waals surface area contributed by atoms with Crippen LogP contribution in [0.25, 0.3) is 0 Å². The molecule has 0 heterocycles. The third kappa shape index (κ3) is 1.99. The molecule has 0 saturated carbocycles. The number of nitro groups is 1. The first-order chi connectivity index (χ1) is 5.52. The molecule has 1 aromatic carbocycles. The predicted octanol–water partition coefficient (Wildman–Crippen LogP) is 3.51. The third-order valence-corrected chi connectivity index (χ3v) is 2.36. The second kappa shape index (κ2) is 3.76. The van der Waals surface area contributed by atoms with E-state index in [-0.39, 0.29) is 15.7 Å². The number of nitro benzene ring substituents is 1. The number of benzene rings is 1. The van der Waals surface area contributed by atoms with Gasteiger partial charge in [-0.3, -0.25) is 10.1 Å². The van der Waals surface area contributed by atoms with Crippen LogP contribution in [0.5, 0.6) is 0 Å². The maximum atomic E-state index is 10.4. The Morgan fingerprint density at radius 3 is 2.08 bits per heavy atom. The normalized spacial score (nSPS) is 9.92. The van der Waals surface area contributed by atoms with Crippen LogP contribution in [-0.4, -0.2) is 4.92 Å². The van der Waals surface area contributed by atoms with E-state index >= 15 is 0 Å². The molecule has 0 amide bonds. The quantitative estimate of drug-likeness (QED) is 0.452. The first-order valence-electron chi connectivity index (χ1n) is 2.81. The van der Waals surface area contributed by atoms with Crippen LogP contribution in [0.2, 0.25) is 10.0 Å². The lowest BCUT2D eigenvalue weighted by Gasteiger charge is -1.97. The first-order valence-corrected chi connectivity index (χ1v) is 4.65. The van der Waals surface area contributed by atoms with Gasteiger partial charge in [-0.2, -0.15) is 0 Å². The summed E-state index contributed by atoms with van der Waals surface area (Å²) >= 11 is 13.2. The Hall–Kier alpha value is -0.0700. The van der Waals surface area contributed by atoms with Crippen molar-refractivity contribution in [2.24, 2.45) is 0 Å². The monoisotopic (exact) mass is 317 g/mol. The molecule has 0 aliphatic rings. The van der Waals surface area contributed by atoms with Crippen molar-refractivity contribution >= 4 is 51.5 Å². The molecule has 0 saturated heterocycles. The summed E-state index contributed by atoms with van der Waals surface area (Å²) in [7, 11) is 0.